The fourth-order valence-electron chi connectivity index (χ4n) is 3.20. The molecule has 2 atom stereocenters. The van der Waals surface area contributed by atoms with Gasteiger partial charge >= 0.3 is 0 Å². The van der Waals surface area contributed by atoms with Gasteiger partial charge in [0.25, 0.3) is 0 Å². The highest BCUT2D eigenvalue weighted by molar-refractivity contribution is 4.93. The van der Waals surface area contributed by atoms with Gasteiger partial charge in [-0.1, -0.05) is 6.92 Å². The first-order valence-corrected chi connectivity index (χ1v) is 6.84. The second-order valence-corrected chi connectivity index (χ2v) is 6.76. The lowest BCUT2D eigenvalue weighted by molar-refractivity contribution is -0.190. The van der Waals surface area contributed by atoms with E-state index in [1.807, 2.05) is 0 Å². The first kappa shape index (κ1) is 15.9. The summed E-state index contributed by atoms with van der Waals surface area (Å²) in [6.07, 6.45) is 0. The van der Waals surface area contributed by atoms with Gasteiger partial charge in [-0.2, -0.15) is 0 Å². The Morgan fingerprint density at radius 2 is 1.72 bits per heavy atom. The summed E-state index contributed by atoms with van der Waals surface area (Å²) in [5.74, 6) is 0.435. The molecule has 1 aliphatic rings. The highest BCUT2D eigenvalue weighted by atomic mass is 16.5. The number of nitrogens with two attached hydrogens (primary N) is 1. The Kier molecular flexibility index (Phi) is 5.18. The van der Waals surface area contributed by atoms with Crippen molar-refractivity contribution in [3.05, 3.63) is 0 Å². The number of rotatable bonds is 5. The third-order valence-corrected chi connectivity index (χ3v) is 3.52. The predicted octanol–water partition coefficient (Wildman–Crippen LogP) is 1.49. The highest BCUT2D eigenvalue weighted by Crippen LogP contribution is 2.30. The Balaban J connectivity index is 2.79. The minimum absolute atomic E-state index is 0.123. The molecule has 2 unspecified atom stereocenters. The van der Waals surface area contributed by atoms with Gasteiger partial charge in [0, 0.05) is 32.8 Å². The number of ether oxygens (including phenoxy) is 2. The highest BCUT2D eigenvalue weighted by Gasteiger charge is 2.41. The molecular weight excluding hydrogens is 228 g/mol. The number of hydrogen-bond acceptors (Lipinski definition) is 4. The molecular formula is C14H30N2O2. The lowest BCUT2D eigenvalue weighted by Gasteiger charge is -2.50. The van der Waals surface area contributed by atoms with Gasteiger partial charge < -0.3 is 15.2 Å². The first-order valence-electron chi connectivity index (χ1n) is 6.84. The predicted molar refractivity (Wildman–Crippen MR) is 74.7 cm³/mol. The summed E-state index contributed by atoms with van der Waals surface area (Å²) in [5, 5.41) is 0. The lowest BCUT2D eigenvalue weighted by Crippen LogP contribution is -2.62. The molecule has 108 valence electrons. The zero-order chi connectivity index (χ0) is 14.0. The van der Waals surface area contributed by atoms with Crippen LogP contribution in [0.25, 0.3) is 0 Å². The number of hydrogen-bond donors (Lipinski definition) is 1. The molecule has 1 heterocycles. The molecule has 0 aromatic carbocycles. The van der Waals surface area contributed by atoms with Crippen LogP contribution in [0.15, 0.2) is 0 Å². The molecule has 0 aromatic heterocycles. The first-order chi connectivity index (χ1) is 8.21. The molecule has 1 saturated heterocycles. The number of methoxy groups -OCH3 is 1. The maximum Gasteiger partial charge on any atom is 0.0760 e. The van der Waals surface area contributed by atoms with Crippen molar-refractivity contribution >= 4 is 0 Å². The van der Waals surface area contributed by atoms with E-state index in [0.717, 1.165) is 19.7 Å². The van der Waals surface area contributed by atoms with Crippen LogP contribution in [0.2, 0.25) is 0 Å². The van der Waals surface area contributed by atoms with Gasteiger partial charge in [0.2, 0.25) is 0 Å². The van der Waals surface area contributed by atoms with Crippen molar-refractivity contribution in [3.8, 4) is 0 Å². The van der Waals surface area contributed by atoms with Gasteiger partial charge in [-0.25, -0.2) is 0 Å². The summed E-state index contributed by atoms with van der Waals surface area (Å²) in [6.45, 7) is 14.1. The van der Waals surface area contributed by atoms with Crippen LogP contribution in [-0.4, -0.2) is 55.5 Å². The largest absolute Gasteiger partial charge is 0.384 e. The van der Waals surface area contributed by atoms with Crippen molar-refractivity contribution in [2.45, 2.75) is 51.9 Å². The molecule has 2 N–H and O–H groups in total. The third-order valence-electron chi connectivity index (χ3n) is 3.52. The zero-order valence-corrected chi connectivity index (χ0v) is 12.8. The summed E-state index contributed by atoms with van der Waals surface area (Å²) in [6, 6.07) is 0.354. The molecule has 0 saturated carbocycles. The molecule has 0 radical (unpaired) electrons. The van der Waals surface area contributed by atoms with E-state index >= 15 is 0 Å². The molecule has 0 bridgehead atoms. The Labute approximate surface area is 112 Å². The van der Waals surface area contributed by atoms with E-state index in [-0.39, 0.29) is 11.2 Å². The van der Waals surface area contributed by atoms with Crippen molar-refractivity contribution in [1.82, 2.24) is 4.90 Å². The Bertz CT molecular complexity index is 251. The average Bonchev–Trinajstić information content (AvgIpc) is 2.13. The minimum Gasteiger partial charge on any atom is -0.384 e. The van der Waals surface area contributed by atoms with Crippen LogP contribution in [0.1, 0.15) is 34.6 Å². The summed E-state index contributed by atoms with van der Waals surface area (Å²) < 4.78 is 11.4. The van der Waals surface area contributed by atoms with Crippen LogP contribution in [0.5, 0.6) is 0 Å². The molecule has 1 rings (SSSR count). The Morgan fingerprint density at radius 3 is 2.11 bits per heavy atom. The van der Waals surface area contributed by atoms with Crippen molar-refractivity contribution in [2.75, 3.05) is 33.4 Å². The van der Waals surface area contributed by atoms with Crippen molar-refractivity contribution in [2.24, 2.45) is 11.7 Å². The average molecular weight is 258 g/mol. The summed E-state index contributed by atoms with van der Waals surface area (Å²) in [4.78, 5) is 2.47. The molecule has 0 aromatic rings. The molecule has 4 nitrogen and oxygen atoms in total. The van der Waals surface area contributed by atoms with Crippen molar-refractivity contribution in [1.29, 1.82) is 0 Å². The molecule has 0 amide bonds. The normalized spacial score (nSPS) is 26.8. The fraction of sp³-hybridized carbons (Fsp3) is 1.00. The number of morpholine rings is 1. The van der Waals surface area contributed by atoms with E-state index in [2.05, 4.69) is 39.5 Å². The topological polar surface area (TPSA) is 47.7 Å². The quantitative estimate of drug-likeness (QED) is 0.811. The van der Waals surface area contributed by atoms with Crippen LogP contribution in [0.3, 0.4) is 0 Å². The maximum absolute atomic E-state index is 6.11. The van der Waals surface area contributed by atoms with Gasteiger partial charge in [-0.15, -0.1) is 0 Å². The smallest absolute Gasteiger partial charge is 0.0760 e. The van der Waals surface area contributed by atoms with E-state index in [1.165, 1.54) is 0 Å². The zero-order valence-electron chi connectivity index (χ0n) is 12.8. The summed E-state index contributed by atoms with van der Waals surface area (Å²) >= 11 is 0. The second-order valence-electron chi connectivity index (χ2n) is 6.76. The van der Waals surface area contributed by atoms with Crippen molar-refractivity contribution in [3.63, 3.8) is 0 Å². The van der Waals surface area contributed by atoms with E-state index < -0.39 is 0 Å². The van der Waals surface area contributed by atoms with Crippen LogP contribution in [0.4, 0.5) is 0 Å². The maximum atomic E-state index is 6.11. The third kappa shape index (κ3) is 4.19. The van der Waals surface area contributed by atoms with E-state index in [1.54, 1.807) is 7.11 Å². The molecule has 0 spiro atoms. The van der Waals surface area contributed by atoms with E-state index in [0.29, 0.717) is 18.5 Å². The van der Waals surface area contributed by atoms with Gasteiger partial charge in [0.05, 0.1) is 17.8 Å². The Hall–Kier alpha value is -0.160. The standard InChI is InChI=1S/C14H30N2O2/c1-11(8-17-6)12(7-15)16-9-13(2,3)18-14(4,5)10-16/h11-12H,7-10,15H2,1-6H3. The van der Waals surface area contributed by atoms with Crippen LogP contribution in [0, 0.1) is 5.92 Å². The molecule has 4 heteroatoms. The van der Waals surface area contributed by atoms with Crippen LogP contribution < -0.4 is 5.73 Å². The Morgan fingerprint density at radius 1 is 1.22 bits per heavy atom. The van der Waals surface area contributed by atoms with Gasteiger partial charge in [0.15, 0.2) is 0 Å². The SMILES string of the molecule is COCC(C)C(CN)N1CC(C)(C)OC(C)(C)C1. The van der Waals surface area contributed by atoms with Gasteiger partial charge in [-0.3, -0.25) is 4.90 Å². The lowest BCUT2D eigenvalue weighted by atomic mass is 9.93. The van der Waals surface area contributed by atoms with Crippen LogP contribution >= 0.6 is 0 Å². The molecule has 1 fully saturated rings. The number of nitrogens with zero attached hydrogens (tertiary/aromatic N) is 1. The van der Waals surface area contributed by atoms with E-state index in [9.17, 15) is 0 Å². The van der Waals surface area contributed by atoms with Gasteiger partial charge in [-0.05, 0) is 33.6 Å². The van der Waals surface area contributed by atoms with E-state index in [4.69, 9.17) is 15.2 Å². The monoisotopic (exact) mass is 258 g/mol. The minimum atomic E-state index is -0.123. The molecule has 1 aliphatic heterocycles. The summed E-state index contributed by atoms with van der Waals surface area (Å²) in [5.41, 5.74) is 5.73. The van der Waals surface area contributed by atoms with Crippen molar-refractivity contribution < 1.29 is 9.47 Å². The van der Waals surface area contributed by atoms with Gasteiger partial charge in [0.1, 0.15) is 0 Å². The molecule has 18 heavy (non-hydrogen) atoms. The fourth-order valence-corrected chi connectivity index (χ4v) is 3.20. The second kappa shape index (κ2) is 5.87. The summed E-state index contributed by atoms with van der Waals surface area (Å²) in [7, 11) is 1.75. The molecule has 0 aliphatic carbocycles. The van der Waals surface area contributed by atoms with Crippen LogP contribution in [-0.2, 0) is 9.47 Å².